The van der Waals surface area contributed by atoms with Crippen molar-refractivity contribution in [3.63, 3.8) is 0 Å². The van der Waals surface area contributed by atoms with Gasteiger partial charge < -0.3 is 9.64 Å². The number of ether oxygens (including phenoxy) is 1. The molecule has 1 aliphatic heterocycles. The van der Waals surface area contributed by atoms with E-state index in [1.807, 2.05) is 12.1 Å². The molecular formula is C30H27NO. The van der Waals surface area contributed by atoms with Crippen LogP contribution in [0.1, 0.15) is 25.3 Å². The monoisotopic (exact) mass is 417 g/mol. The molecule has 0 amide bonds. The largest absolute Gasteiger partial charge is 0.453 e. The van der Waals surface area contributed by atoms with Gasteiger partial charge in [-0.25, -0.2) is 0 Å². The van der Waals surface area contributed by atoms with Crippen LogP contribution in [0.15, 0.2) is 97.6 Å². The van der Waals surface area contributed by atoms with Crippen LogP contribution in [-0.2, 0) is 0 Å². The molecule has 5 rings (SSSR count). The molecule has 0 spiro atoms. The zero-order valence-electron chi connectivity index (χ0n) is 18.4. The second-order valence-corrected chi connectivity index (χ2v) is 8.16. The summed E-state index contributed by atoms with van der Waals surface area (Å²) in [4.78, 5) is 2.40. The van der Waals surface area contributed by atoms with Gasteiger partial charge in [-0.15, -0.1) is 0 Å². The Hall–Kier alpha value is -3.78. The molecular weight excluding hydrogens is 390 g/mol. The van der Waals surface area contributed by atoms with E-state index < -0.39 is 0 Å². The molecule has 1 aliphatic rings. The molecule has 32 heavy (non-hydrogen) atoms. The summed E-state index contributed by atoms with van der Waals surface area (Å²) < 4.78 is 6.50. The third kappa shape index (κ3) is 3.80. The molecule has 0 bridgehead atoms. The first-order valence-electron chi connectivity index (χ1n) is 11.3. The highest BCUT2D eigenvalue weighted by atomic mass is 16.5. The van der Waals surface area contributed by atoms with Crippen molar-refractivity contribution in [3.05, 3.63) is 103 Å². The number of anilines is 2. The third-order valence-corrected chi connectivity index (χ3v) is 6.04. The van der Waals surface area contributed by atoms with Crippen LogP contribution in [0, 0.1) is 0 Å². The van der Waals surface area contributed by atoms with Crippen LogP contribution >= 0.6 is 0 Å². The lowest BCUT2D eigenvalue weighted by atomic mass is 10.0. The molecule has 2 heteroatoms. The summed E-state index contributed by atoms with van der Waals surface area (Å²) in [6.07, 6.45) is 4.15. The predicted octanol–water partition coefficient (Wildman–Crippen LogP) is 8.71. The molecule has 0 radical (unpaired) electrons. The molecule has 0 fully saturated rings. The molecule has 0 unspecified atom stereocenters. The lowest BCUT2D eigenvalue weighted by molar-refractivity contribution is 0.473. The molecule has 0 saturated heterocycles. The number of hydrogen-bond acceptors (Lipinski definition) is 2. The van der Waals surface area contributed by atoms with Gasteiger partial charge in [0, 0.05) is 6.54 Å². The van der Waals surface area contributed by atoms with Gasteiger partial charge in [0.05, 0.1) is 11.4 Å². The van der Waals surface area contributed by atoms with Crippen LogP contribution < -0.4 is 9.64 Å². The van der Waals surface area contributed by atoms with Crippen molar-refractivity contribution in [2.45, 2.75) is 19.8 Å². The van der Waals surface area contributed by atoms with Gasteiger partial charge in [-0.3, -0.25) is 0 Å². The van der Waals surface area contributed by atoms with E-state index in [-0.39, 0.29) is 0 Å². The maximum Gasteiger partial charge on any atom is 0.151 e. The first kappa shape index (κ1) is 20.1. The lowest BCUT2D eigenvalue weighted by Gasteiger charge is -2.33. The summed E-state index contributed by atoms with van der Waals surface area (Å²) in [6.45, 7) is 7.05. The van der Waals surface area contributed by atoms with Gasteiger partial charge in [0.25, 0.3) is 0 Å². The summed E-state index contributed by atoms with van der Waals surface area (Å²) in [7, 11) is 0. The molecule has 0 atom stereocenters. The van der Waals surface area contributed by atoms with E-state index in [4.69, 9.17) is 4.74 Å². The Morgan fingerprint density at radius 2 is 1.28 bits per heavy atom. The number of hydrogen-bond donors (Lipinski definition) is 0. The van der Waals surface area contributed by atoms with E-state index in [0.29, 0.717) is 0 Å². The zero-order valence-corrected chi connectivity index (χ0v) is 18.4. The number of unbranched alkanes of at least 4 members (excludes halogenated alkanes) is 1. The second-order valence-electron chi connectivity index (χ2n) is 8.16. The van der Waals surface area contributed by atoms with E-state index in [1.165, 1.54) is 16.7 Å². The van der Waals surface area contributed by atoms with Crippen LogP contribution in [0.5, 0.6) is 11.5 Å². The smallest absolute Gasteiger partial charge is 0.151 e. The topological polar surface area (TPSA) is 12.5 Å². The van der Waals surface area contributed by atoms with Gasteiger partial charge >= 0.3 is 0 Å². The van der Waals surface area contributed by atoms with Crippen molar-refractivity contribution in [3.8, 4) is 33.8 Å². The Morgan fingerprint density at radius 1 is 0.719 bits per heavy atom. The van der Waals surface area contributed by atoms with Crippen molar-refractivity contribution >= 4 is 17.5 Å². The standard InChI is InChI=1S/C30H27NO/c1-3-5-19-31-27-17-15-25(23-9-7-6-8-10-23)20-29(27)32-30-21-26(16-18-28(30)31)24-13-11-22(4-2)12-14-24/h4,6-18,20-21H,2-3,5,19H2,1H3. The van der Waals surface area contributed by atoms with Crippen molar-refractivity contribution in [2.24, 2.45) is 0 Å². The molecule has 0 aliphatic carbocycles. The summed E-state index contributed by atoms with van der Waals surface area (Å²) in [5, 5.41) is 0. The maximum atomic E-state index is 6.50. The van der Waals surface area contributed by atoms with Gasteiger partial charge in [0.2, 0.25) is 0 Å². The molecule has 1 heterocycles. The average Bonchev–Trinajstić information content (AvgIpc) is 2.86. The summed E-state index contributed by atoms with van der Waals surface area (Å²) in [5.41, 5.74) is 8.07. The highest BCUT2D eigenvalue weighted by Crippen LogP contribution is 2.49. The zero-order chi connectivity index (χ0) is 21.9. The Kier molecular flexibility index (Phi) is 5.51. The minimum atomic E-state index is 0.907. The Bertz CT molecular complexity index is 1240. The molecule has 2 nitrogen and oxygen atoms in total. The maximum absolute atomic E-state index is 6.50. The number of benzene rings is 4. The van der Waals surface area contributed by atoms with Crippen molar-refractivity contribution < 1.29 is 4.74 Å². The summed E-state index contributed by atoms with van der Waals surface area (Å²) >= 11 is 0. The van der Waals surface area contributed by atoms with E-state index >= 15 is 0 Å². The first-order valence-corrected chi connectivity index (χ1v) is 11.3. The first-order chi connectivity index (χ1) is 15.8. The van der Waals surface area contributed by atoms with Crippen molar-refractivity contribution in [1.82, 2.24) is 0 Å². The number of nitrogens with zero attached hydrogens (tertiary/aromatic N) is 1. The van der Waals surface area contributed by atoms with Crippen LogP contribution in [-0.4, -0.2) is 6.54 Å². The quantitative estimate of drug-likeness (QED) is 0.311. The van der Waals surface area contributed by atoms with E-state index in [2.05, 4.69) is 103 Å². The number of rotatable bonds is 6. The van der Waals surface area contributed by atoms with Crippen LogP contribution in [0.4, 0.5) is 11.4 Å². The second kappa shape index (κ2) is 8.76. The van der Waals surface area contributed by atoms with Gasteiger partial charge in [-0.1, -0.05) is 92.7 Å². The molecule has 0 N–H and O–H groups in total. The van der Waals surface area contributed by atoms with Crippen LogP contribution in [0.3, 0.4) is 0 Å². The SMILES string of the molecule is C=Cc1ccc(-c2ccc3c(c2)Oc2cc(-c4ccccc4)ccc2N3CCCC)cc1. The third-order valence-electron chi connectivity index (χ3n) is 6.04. The highest BCUT2D eigenvalue weighted by Gasteiger charge is 2.25. The van der Waals surface area contributed by atoms with E-state index in [9.17, 15) is 0 Å². The van der Waals surface area contributed by atoms with E-state index in [0.717, 1.165) is 53.4 Å². The van der Waals surface area contributed by atoms with Crippen LogP contribution in [0.2, 0.25) is 0 Å². The summed E-state index contributed by atoms with van der Waals surface area (Å²) in [6, 6.07) is 32.0. The lowest BCUT2D eigenvalue weighted by Crippen LogP contribution is -2.22. The van der Waals surface area contributed by atoms with Gasteiger partial charge in [-0.05, 0) is 58.5 Å². The minimum absolute atomic E-state index is 0.907. The average molecular weight is 418 g/mol. The van der Waals surface area contributed by atoms with Crippen molar-refractivity contribution in [2.75, 3.05) is 11.4 Å². The Morgan fingerprint density at radius 3 is 1.84 bits per heavy atom. The molecule has 0 aromatic heterocycles. The molecule has 0 saturated carbocycles. The summed E-state index contributed by atoms with van der Waals surface area (Å²) in [5.74, 6) is 1.82. The van der Waals surface area contributed by atoms with Crippen LogP contribution in [0.25, 0.3) is 28.3 Å². The fourth-order valence-electron chi connectivity index (χ4n) is 4.24. The predicted molar refractivity (Wildman–Crippen MR) is 136 cm³/mol. The molecule has 4 aromatic rings. The van der Waals surface area contributed by atoms with E-state index in [1.54, 1.807) is 0 Å². The highest BCUT2D eigenvalue weighted by molar-refractivity contribution is 5.83. The van der Waals surface area contributed by atoms with Crippen molar-refractivity contribution in [1.29, 1.82) is 0 Å². The Labute approximate surface area is 190 Å². The normalized spacial score (nSPS) is 12.0. The van der Waals surface area contributed by atoms with Gasteiger partial charge in [0.1, 0.15) is 0 Å². The van der Waals surface area contributed by atoms with Gasteiger partial charge in [0.15, 0.2) is 11.5 Å². The fourth-order valence-corrected chi connectivity index (χ4v) is 4.24. The number of fused-ring (bicyclic) bond motifs is 2. The molecule has 158 valence electrons. The minimum Gasteiger partial charge on any atom is -0.453 e. The Balaban J connectivity index is 1.56. The molecule has 4 aromatic carbocycles. The fraction of sp³-hybridized carbons (Fsp3) is 0.133. The van der Waals surface area contributed by atoms with Gasteiger partial charge in [-0.2, -0.15) is 0 Å².